The number of methoxy groups -OCH3 is 1. The Morgan fingerprint density at radius 3 is 2.64 bits per heavy atom. The summed E-state index contributed by atoms with van der Waals surface area (Å²) in [6.45, 7) is 5.65. The summed E-state index contributed by atoms with van der Waals surface area (Å²) >= 11 is 0. The van der Waals surface area contributed by atoms with Crippen LogP contribution in [-0.4, -0.2) is 65.7 Å². The van der Waals surface area contributed by atoms with Crippen LogP contribution in [0.5, 0.6) is 17.2 Å². The van der Waals surface area contributed by atoms with Gasteiger partial charge < -0.3 is 29.0 Å². The SMILES string of the molecule is CCc1ccc(OCCCOc2ccc3c(c2)CC[C@H]3CC(=O)NCCOCCOCCN=[N+]=[N-])c(OC)c1. The molecule has 0 radical (unpaired) electrons. The van der Waals surface area contributed by atoms with E-state index in [-0.39, 0.29) is 11.8 Å². The first-order chi connectivity index (χ1) is 19.1. The Bertz CT molecular complexity index is 1090. The van der Waals surface area contributed by atoms with E-state index >= 15 is 0 Å². The summed E-state index contributed by atoms with van der Waals surface area (Å²) in [4.78, 5) is 15.1. The first-order valence-electron chi connectivity index (χ1n) is 13.6. The summed E-state index contributed by atoms with van der Waals surface area (Å²) in [6, 6.07) is 12.2. The third-order valence-electron chi connectivity index (χ3n) is 6.54. The first kappa shape index (κ1) is 30.1. The fraction of sp³-hybridized carbons (Fsp3) is 0.552. The summed E-state index contributed by atoms with van der Waals surface area (Å²) in [7, 11) is 1.66. The van der Waals surface area contributed by atoms with Gasteiger partial charge in [0, 0.05) is 30.8 Å². The van der Waals surface area contributed by atoms with Crippen LogP contribution in [0.1, 0.15) is 48.8 Å². The molecule has 0 saturated heterocycles. The fourth-order valence-electron chi connectivity index (χ4n) is 4.50. The van der Waals surface area contributed by atoms with Gasteiger partial charge in [-0.3, -0.25) is 4.79 Å². The number of carbonyl (C=O) groups is 1. The maximum Gasteiger partial charge on any atom is 0.220 e. The van der Waals surface area contributed by atoms with Crippen LogP contribution in [0.3, 0.4) is 0 Å². The number of nitrogens with one attached hydrogen (secondary N) is 1. The van der Waals surface area contributed by atoms with Crippen molar-refractivity contribution in [1.82, 2.24) is 5.32 Å². The topological polar surface area (TPSA) is 124 Å². The number of hydrogen-bond acceptors (Lipinski definition) is 7. The van der Waals surface area contributed by atoms with Crippen molar-refractivity contribution >= 4 is 5.91 Å². The number of azide groups is 1. The van der Waals surface area contributed by atoms with Gasteiger partial charge >= 0.3 is 0 Å². The number of hydrogen-bond donors (Lipinski definition) is 1. The van der Waals surface area contributed by atoms with E-state index < -0.39 is 0 Å². The molecule has 1 atom stereocenters. The number of rotatable bonds is 19. The van der Waals surface area contributed by atoms with E-state index in [2.05, 4.69) is 40.5 Å². The molecule has 1 aliphatic carbocycles. The predicted molar refractivity (Wildman–Crippen MR) is 149 cm³/mol. The van der Waals surface area contributed by atoms with Crippen LogP contribution in [0.15, 0.2) is 41.5 Å². The lowest BCUT2D eigenvalue weighted by Gasteiger charge is -2.14. The van der Waals surface area contributed by atoms with Crippen molar-refractivity contribution in [2.45, 2.75) is 44.9 Å². The third kappa shape index (κ3) is 10.3. The molecule has 2 aromatic carbocycles. The zero-order chi connectivity index (χ0) is 27.7. The number of amides is 1. The number of fused-ring (bicyclic) bond motifs is 1. The number of carbonyl (C=O) groups excluding carboxylic acids is 1. The Kier molecular flexibility index (Phi) is 13.3. The molecule has 1 aliphatic rings. The average molecular weight is 541 g/mol. The van der Waals surface area contributed by atoms with E-state index in [9.17, 15) is 4.79 Å². The van der Waals surface area contributed by atoms with Crippen LogP contribution in [0, 0.1) is 0 Å². The molecule has 0 unspecified atom stereocenters. The van der Waals surface area contributed by atoms with Gasteiger partial charge in [-0.05, 0) is 71.7 Å². The monoisotopic (exact) mass is 540 g/mol. The molecule has 0 heterocycles. The number of aryl methyl sites for hydroxylation is 2. The highest BCUT2D eigenvalue weighted by Crippen LogP contribution is 2.37. The zero-order valence-electron chi connectivity index (χ0n) is 23.0. The highest BCUT2D eigenvalue weighted by molar-refractivity contribution is 5.77. The zero-order valence-corrected chi connectivity index (χ0v) is 23.0. The quantitative estimate of drug-likeness (QED) is 0.116. The predicted octanol–water partition coefficient (Wildman–Crippen LogP) is 4.99. The largest absolute Gasteiger partial charge is 0.493 e. The van der Waals surface area contributed by atoms with Crippen molar-refractivity contribution in [2.75, 3.05) is 59.8 Å². The highest BCUT2D eigenvalue weighted by Gasteiger charge is 2.25. The Labute approximate surface area is 230 Å². The summed E-state index contributed by atoms with van der Waals surface area (Å²) in [5.41, 5.74) is 11.9. The second-order valence-corrected chi connectivity index (χ2v) is 9.22. The minimum absolute atomic E-state index is 0.0309. The molecule has 1 amide bonds. The van der Waals surface area contributed by atoms with Crippen LogP contribution in [0.25, 0.3) is 10.4 Å². The lowest BCUT2D eigenvalue weighted by molar-refractivity contribution is -0.121. The summed E-state index contributed by atoms with van der Waals surface area (Å²) in [5, 5.41) is 6.32. The molecule has 3 rings (SSSR count). The molecule has 0 aliphatic heterocycles. The van der Waals surface area contributed by atoms with Gasteiger partial charge in [-0.25, -0.2) is 0 Å². The van der Waals surface area contributed by atoms with Gasteiger partial charge in [-0.2, -0.15) is 0 Å². The van der Waals surface area contributed by atoms with Gasteiger partial charge in [-0.15, -0.1) is 0 Å². The van der Waals surface area contributed by atoms with Crippen LogP contribution < -0.4 is 19.5 Å². The van der Waals surface area contributed by atoms with E-state index in [0.717, 1.165) is 42.9 Å². The Hall–Kier alpha value is -3.46. The number of benzene rings is 2. The van der Waals surface area contributed by atoms with Crippen molar-refractivity contribution in [2.24, 2.45) is 5.11 Å². The lowest BCUT2D eigenvalue weighted by atomic mass is 9.97. The van der Waals surface area contributed by atoms with Crippen LogP contribution in [-0.2, 0) is 27.1 Å². The van der Waals surface area contributed by atoms with Crippen LogP contribution >= 0.6 is 0 Å². The van der Waals surface area contributed by atoms with Gasteiger partial charge in [-0.1, -0.05) is 24.2 Å². The molecule has 0 fully saturated rings. The maximum atomic E-state index is 12.4. The van der Waals surface area contributed by atoms with Crippen LogP contribution in [0.4, 0.5) is 0 Å². The molecule has 212 valence electrons. The highest BCUT2D eigenvalue weighted by atomic mass is 16.5. The molecular formula is C29H40N4O6. The molecule has 0 bridgehead atoms. The van der Waals surface area contributed by atoms with Crippen molar-refractivity contribution in [1.29, 1.82) is 0 Å². The van der Waals surface area contributed by atoms with Crippen molar-refractivity contribution in [3.05, 3.63) is 63.5 Å². The Morgan fingerprint density at radius 2 is 1.85 bits per heavy atom. The number of nitrogens with zero attached hydrogens (tertiary/aromatic N) is 3. The Balaban J connectivity index is 1.30. The molecule has 10 heteroatoms. The van der Waals surface area contributed by atoms with E-state index in [1.165, 1.54) is 16.7 Å². The van der Waals surface area contributed by atoms with Crippen LogP contribution in [0.2, 0.25) is 0 Å². The fourth-order valence-corrected chi connectivity index (χ4v) is 4.50. The summed E-state index contributed by atoms with van der Waals surface area (Å²) in [6.07, 6.45) is 4.09. The lowest BCUT2D eigenvalue weighted by Crippen LogP contribution is -2.28. The molecule has 10 nitrogen and oxygen atoms in total. The van der Waals surface area contributed by atoms with Gasteiger partial charge in [0.1, 0.15) is 5.75 Å². The van der Waals surface area contributed by atoms with E-state index in [4.69, 9.17) is 29.2 Å². The average Bonchev–Trinajstić information content (AvgIpc) is 3.35. The second-order valence-electron chi connectivity index (χ2n) is 9.22. The van der Waals surface area contributed by atoms with Crippen molar-refractivity contribution in [3.63, 3.8) is 0 Å². The van der Waals surface area contributed by atoms with Gasteiger partial charge in [0.25, 0.3) is 0 Å². The molecule has 0 spiro atoms. The minimum atomic E-state index is 0.0309. The normalized spacial score (nSPS) is 13.8. The molecule has 1 N–H and O–H groups in total. The smallest absolute Gasteiger partial charge is 0.220 e. The maximum absolute atomic E-state index is 12.4. The molecule has 2 aromatic rings. The van der Waals surface area contributed by atoms with Gasteiger partial charge in [0.05, 0.1) is 46.8 Å². The number of ether oxygens (including phenoxy) is 5. The van der Waals surface area contributed by atoms with Crippen molar-refractivity contribution < 1.29 is 28.5 Å². The summed E-state index contributed by atoms with van der Waals surface area (Å²) in [5.74, 6) is 2.61. The van der Waals surface area contributed by atoms with E-state index in [0.29, 0.717) is 59.2 Å². The molecule has 0 saturated carbocycles. The second kappa shape index (κ2) is 17.2. The molecule has 0 aromatic heterocycles. The van der Waals surface area contributed by atoms with Gasteiger partial charge in [0.15, 0.2) is 11.5 Å². The van der Waals surface area contributed by atoms with E-state index in [1.807, 2.05) is 18.2 Å². The summed E-state index contributed by atoms with van der Waals surface area (Å²) < 4.78 is 28.0. The molecule has 39 heavy (non-hydrogen) atoms. The first-order valence-corrected chi connectivity index (χ1v) is 13.6. The standard InChI is InChI=1S/C29H40N4O6/c1-3-22-5-10-27(28(19-22)35-2)39-14-4-13-38-25-8-9-26-23(20-25)6-7-24(26)21-29(34)31-11-15-36-17-18-37-16-12-32-33-30/h5,8-10,19-20,24H,3-4,6-7,11-18,21H2,1-2H3,(H,31,34)/t24-/m0/s1. The van der Waals surface area contributed by atoms with Gasteiger partial charge in [0.2, 0.25) is 5.91 Å². The van der Waals surface area contributed by atoms with Crippen molar-refractivity contribution in [3.8, 4) is 17.2 Å². The molecular weight excluding hydrogens is 500 g/mol. The van der Waals surface area contributed by atoms with E-state index in [1.54, 1.807) is 7.11 Å². The minimum Gasteiger partial charge on any atom is -0.493 e. The Morgan fingerprint density at radius 1 is 1.03 bits per heavy atom. The third-order valence-corrected chi connectivity index (χ3v) is 6.54.